The smallest absolute Gasteiger partial charge is 0.168 e. The van der Waals surface area contributed by atoms with E-state index in [1.807, 2.05) is 25.1 Å². The van der Waals surface area contributed by atoms with Crippen LogP contribution in [0.1, 0.15) is 18.1 Å². The fraction of sp³-hybridized carbons (Fsp3) is 0.214. The van der Waals surface area contributed by atoms with Gasteiger partial charge in [-0.1, -0.05) is 24.3 Å². The quantitative estimate of drug-likeness (QED) is 0.713. The van der Waals surface area contributed by atoms with E-state index in [9.17, 15) is 4.79 Å². The van der Waals surface area contributed by atoms with Crippen LogP contribution in [0.4, 0.5) is 0 Å². The molecule has 0 spiro atoms. The molecule has 2 heteroatoms. The van der Waals surface area contributed by atoms with Crippen molar-refractivity contribution in [1.29, 1.82) is 0 Å². The zero-order chi connectivity index (χ0) is 11.3. The number of ketones is 1. The number of rotatable bonds is 0. The summed E-state index contributed by atoms with van der Waals surface area (Å²) in [6, 6.07) is 8.17. The first kappa shape index (κ1) is 9.40. The van der Waals surface area contributed by atoms with Crippen molar-refractivity contribution in [2.45, 2.75) is 13.3 Å². The Bertz CT molecular complexity index is 554. The van der Waals surface area contributed by atoms with Gasteiger partial charge >= 0.3 is 0 Å². The first-order valence-electron chi connectivity index (χ1n) is 5.43. The Morgan fingerprint density at radius 3 is 2.81 bits per heavy atom. The number of fused-ring (bicyclic) bond motifs is 3. The van der Waals surface area contributed by atoms with Gasteiger partial charge in [0.15, 0.2) is 5.78 Å². The van der Waals surface area contributed by atoms with Crippen LogP contribution in [0.2, 0.25) is 0 Å². The lowest BCUT2D eigenvalue weighted by Gasteiger charge is -2.26. The molecular formula is C14H13NO. The maximum absolute atomic E-state index is 12.1. The topological polar surface area (TPSA) is 43.1 Å². The lowest BCUT2D eigenvalue weighted by Crippen LogP contribution is -2.29. The normalized spacial score (nSPS) is 26.9. The number of carbonyl (C=O) groups is 1. The zero-order valence-electron chi connectivity index (χ0n) is 9.16. The van der Waals surface area contributed by atoms with Gasteiger partial charge in [0, 0.05) is 11.8 Å². The summed E-state index contributed by atoms with van der Waals surface area (Å²) in [6.45, 7) is 2.00. The molecule has 0 fully saturated rings. The Hall–Kier alpha value is -1.83. The molecule has 2 aliphatic rings. The lowest BCUT2D eigenvalue weighted by molar-refractivity contribution is -0.120. The van der Waals surface area contributed by atoms with Crippen molar-refractivity contribution < 1.29 is 4.79 Å². The highest BCUT2D eigenvalue weighted by atomic mass is 16.1. The third-order valence-electron chi connectivity index (χ3n) is 3.60. The highest BCUT2D eigenvalue weighted by Gasteiger charge is 2.44. The van der Waals surface area contributed by atoms with Gasteiger partial charge in [-0.2, -0.15) is 0 Å². The molecule has 2 N–H and O–H groups in total. The summed E-state index contributed by atoms with van der Waals surface area (Å²) >= 11 is 0. The van der Waals surface area contributed by atoms with E-state index in [0.717, 1.165) is 12.0 Å². The highest BCUT2D eigenvalue weighted by molar-refractivity contribution is 6.09. The van der Waals surface area contributed by atoms with Gasteiger partial charge in [0.25, 0.3) is 0 Å². The molecule has 0 bridgehead atoms. The number of benzene rings is 1. The van der Waals surface area contributed by atoms with Gasteiger partial charge in [0.05, 0.1) is 5.41 Å². The first-order valence-corrected chi connectivity index (χ1v) is 5.43. The predicted molar refractivity (Wildman–Crippen MR) is 63.5 cm³/mol. The molecule has 1 unspecified atom stereocenters. The number of hydrogen-bond acceptors (Lipinski definition) is 2. The molecule has 1 atom stereocenters. The number of allylic oxidation sites excluding steroid dienone is 3. The van der Waals surface area contributed by atoms with E-state index in [1.165, 1.54) is 11.1 Å². The molecule has 80 valence electrons. The van der Waals surface area contributed by atoms with E-state index in [-0.39, 0.29) is 5.78 Å². The molecule has 3 rings (SSSR count). The van der Waals surface area contributed by atoms with Crippen LogP contribution >= 0.6 is 0 Å². The molecular weight excluding hydrogens is 198 g/mol. The maximum Gasteiger partial charge on any atom is 0.168 e. The van der Waals surface area contributed by atoms with Crippen LogP contribution in [0, 0.1) is 5.41 Å². The van der Waals surface area contributed by atoms with Gasteiger partial charge in [-0.3, -0.25) is 4.79 Å². The molecule has 1 aromatic carbocycles. The molecule has 0 heterocycles. The van der Waals surface area contributed by atoms with E-state index in [0.29, 0.717) is 5.70 Å². The average molecular weight is 211 g/mol. The summed E-state index contributed by atoms with van der Waals surface area (Å²) in [4.78, 5) is 12.1. The lowest BCUT2D eigenvalue weighted by atomic mass is 9.75. The summed E-state index contributed by atoms with van der Waals surface area (Å²) in [6.07, 6.45) is 4.28. The molecule has 16 heavy (non-hydrogen) atoms. The van der Waals surface area contributed by atoms with Gasteiger partial charge < -0.3 is 5.73 Å². The van der Waals surface area contributed by atoms with Crippen molar-refractivity contribution in [2.75, 3.05) is 0 Å². The van der Waals surface area contributed by atoms with E-state index >= 15 is 0 Å². The van der Waals surface area contributed by atoms with Crippen molar-refractivity contribution in [2.24, 2.45) is 11.1 Å². The minimum Gasteiger partial charge on any atom is -0.399 e. The predicted octanol–water partition coefficient (Wildman–Crippen LogP) is 2.06. The maximum atomic E-state index is 12.1. The second kappa shape index (κ2) is 2.85. The van der Waals surface area contributed by atoms with Crippen LogP contribution in [0.25, 0.3) is 5.57 Å². The Kier molecular flexibility index (Phi) is 1.67. The second-order valence-corrected chi connectivity index (χ2v) is 4.73. The second-order valence-electron chi connectivity index (χ2n) is 4.73. The van der Waals surface area contributed by atoms with E-state index < -0.39 is 5.41 Å². The van der Waals surface area contributed by atoms with Crippen LogP contribution in [-0.2, 0) is 11.2 Å². The molecule has 0 saturated heterocycles. The standard InChI is InChI=1S/C14H13NO/c1-14-8-9-4-2-3-5-11(9)12(14)6-10(15)7-13(14)16/h2-7H,8,15H2,1H3. The first-order chi connectivity index (χ1) is 7.61. The monoisotopic (exact) mass is 211 g/mol. The van der Waals surface area contributed by atoms with Gasteiger partial charge in [0.2, 0.25) is 0 Å². The summed E-state index contributed by atoms with van der Waals surface area (Å²) in [5.41, 5.74) is 9.42. The third kappa shape index (κ3) is 1.04. The largest absolute Gasteiger partial charge is 0.399 e. The van der Waals surface area contributed by atoms with Crippen molar-refractivity contribution in [3.05, 3.63) is 53.2 Å². The molecule has 0 radical (unpaired) electrons. The Labute approximate surface area is 94.5 Å². The van der Waals surface area contributed by atoms with Crippen LogP contribution in [0.3, 0.4) is 0 Å². The fourth-order valence-electron chi connectivity index (χ4n) is 2.69. The summed E-state index contributed by atoms with van der Waals surface area (Å²) in [7, 11) is 0. The zero-order valence-corrected chi connectivity index (χ0v) is 9.16. The number of carbonyl (C=O) groups excluding carboxylic acids is 1. The average Bonchev–Trinajstić information content (AvgIpc) is 2.53. The minimum absolute atomic E-state index is 0.124. The molecule has 0 aromatic heterocycles. The summed E-state index contributed by atoms with van der Waals surface area (Å²) < 4.78 is 0. The Balaban J connectivity index is 2.26. The van der Waals surface area contributed by atoms with Crippen molar-refractivity contribution >= 4 is 11.4 Å². The highest BCUT2D eigenvalue weighted by Crippen LogP contribution is 2.49. The van der Waals surface area contributed by atoms with Crippen molar-refractivity contribution in [3.63, 3.8) is 0 Å². The molecule has 2 aliphatic carbocycles. The van der Waals surface area contributed by atoms with Gasteiger partial charge in [-0.25, -0.2) is 0 Å². The van der Waals surface area contributed by atoms with Gasteiger partial charge in [0.1, 0.15) is 0 Å². The molecule has 0 aliphatic heterocycles. The third-order valence-corrected chi connectivity index (χ3v) is 3.60. The summed E-state index contributed by atoms with van der Waals surface area (Å²) in [5, 5.41) is 0. The van der Waals surface area contributed by atoms with Crippen molar-refractivity contribution in [3.8, 4) is 0 Å². The van der Waals surface area contributed by atoms with E-state index in [2.05, 4.69) is 12.1 Å². The fourth-order valence-corrected chi connectivity index (χ4v) is 2.69. The molecule has 0 amide bonds. The van der Waals surface area contributed by atoms with Gasteiger partial charge in [-0.15, -0.1) is 0 Å². The number of nitrogens with two attached hydrogens (primary N) is 1. The molecule has 2 nitrogen and oxygen atoms in total. The van der Waals surface area contributed by atoms with Crippen LogP contribution in [0.15, 0.2) is 42.1 Å². The van der Waals surface area contributed by atoms with E-state index in [4.69, 9.17) is 5.73 Å². The van der Waals surface area contributed by atoms with Gasteiger partial charge in [-0.05, 0) is 36.1 Å². The summed E-state index contributed by atoms with van der Waals surface area (Å²) in [5.74, 6) is 0.124. The van der Waals surface area contributed by atoms with Crippen LogP contribution < -0.4 is 5.73 Å². The Morgan fingerprint density at radius 2 is 2.00 bits per heavy atom. The van der Waals surface area contributed by atoms with Crippen molar-refractivity contribution in [1.82, 2.24) is 0 Å². The molecule has 1 aromatic rings. The van der Waals surface area contributed by atoms with Crippen LogP contribution in [-0.4, -0.2) is 5.78 Å². The minimum atomic E-state index is -0.396. The SMILES string of the molecule is CC12Cc3ccccc3C1=CC(N)=CC2=O. The van der Waals surface area contributed by atoms with E-state index in [1.54, 1.807) is 6.08 Å². The molecule has 0 saturated carbocycles. The van der Waals surface area contributed by atoms with Crippen LogP contribution in [0.5, 0.6) is 0 Å². The Morgan fingerprint density at radius 1 is 1.25 bits per heavy atom. The number of hydrogen-bond donors (Lipinski definition) is 1.